The molecular formula is C16H27NO3S. The standard InChI is InChI=1S/C16H27NO3S/c1-11(2)7-8-19-12(3)14(18)20-9-13-10-21-15(17-13)16(4,5)6/h10-12H,7-9H2,1-6H3. The lowest BCUT2D eigenvalue weighted by atomic mass is 9.98. The molecule has 0 bridgehead atoms. The zero-order valence-electron chi connectivity index (χ0n) is 13.9. The monoisotopic (exact) mass is 313 g/mol. The quantitative estimate of drug-likeness (QED) is 0.716. The van der Waals surface area contributed by atoms with E-state index in [-0.39, 0.29) is 18.0 Å². The van der Waals surface area contributed by atoms with Gasteiger partial charge in [-0.1, -0.05) is 34.6 Å². The average molecular weight is 313 g/mol. The summed E-state index contributed by atoms with van der Waals surface area (Å²) in [6.45, 7) is 13.1. The summed E-state index contributed by atoms with van der Waals surface area (Å²) < 4.78 is 10.7. The molecule has 0 radical (unpaired) electrons. The Morgan fingerprint density at radius 3 is 2.52 bits per heavy atom. The van der Waals surface area contributed by atoms with Crippen LogP contribution in [0.3, 0.4) is 0 Å². The second-order valence-corrected chi connectivity index (χ2v) is 7.56. The molecule has 1 heterocycles. The van der Waals surface area contributed by atoms with E-state index >= 15 is 0 Å². The molecule has 0 saturated carbocycles. The Bertz CT molecular complexity index is 449. The molecule has 5 heteroatoms. The molecule has 0 aliphatic heterocycles. The number of esters is 1. The Morgan fingerprint density at radius 1 is 1.33 bits per heavy atom. The van der Waals surface area contributed by atoms with Crippen LogP contribution in [0.25, 0.3) is 0 Å². The first kappa shape index (κ1) is 18.1. The summed E-state index contributed by atoms with van der Waals surface area (Å²) in [6.07, 6.45) is 0.419. The molecule has 0 N–H and O–H groups in total. The number of aromatic nitrogens is 1. The summed E-state index contributed by atoms with van der Waals surface area (Å²) >= 11 is 1.60. The average Bonchev–Trinajstić information content (AvgIpc) is 2.83. The minimum absolute atomic E-state index is 0.0280. The van der Waals surface area contributed by atoms with Gasteiger partial charge >= 0.3 is 5.97 Å². The number of carbonyl (C=O) groups is 1. The summed E-state index contributed by atoms with van der Waals surface area (Å²) in [4.78, 5) is 16.3. The van der Waals surface area contributed by atoms with E-state index in [1.807, 2.05) is 5.38 Å². The Morgan fingerprint density at radius 2 is 2.00 bits per heavy atom. The van der Waals surface area contributed by atoms with E-state index in [9.17, 15) is 4.79 Å². The number of thiazole rings is 1. The van der Waals surface area contributed by atoms with Crippen LogP contribution in [0.2, 0.25) is 0 Å². The van der Waals surface area contributed by atoms with Crippen LogP contribution in [-0.4, -0.2) is 23.7 Å². The molecule has 0 saturated heterocycles. The first-order valence-corrected chi connectivity index (χ1v) is 8.31. The Balaban J connectivity index is 2.37. The van der Waals surface area contributed by atoms with Gasteiger partial charge in [0.1, 0.15) is 6.61 Å². The second-order valence-electron chi connectivity index (χ2n) is 6.70. The first-order valence-electron chi connectivity index (χ1n) is 7.43. The van der Waals surface area contributed by atoms with Gasteiger partial charge in [0.05, 0.1) is 10.7 Å². The highest BCUT2D eigenvalue weighted by molar-refractivity contribution is 7.09. The number of hydrogen-bond donors (Lipinski definition) is 0. The fourth-order valence-electron chi connectivity index (χ4n) is 1.53. The fraction of sp³-hybridized carbons (Fsp3) is 0.750. The van der Waals surface area contributed by atoms with Gasteiger partial charge in [-0.15, -0.1) is 11.3 Å². The molecular weight excluding hydrogens is 286 g/mol. The second kappa shape index (κ2) is 7.90. The molecule has 1 unspecified atom stereocenters. The number of ether oxygens (including phenoxy) is 2. The maximum absolute atomic E-state index is 11.8. The van der Waals surface area contributed by atoms with Gasteiger partial charge in [0.15, 0.2) is 6.10 Å². The lowest BCUT2D eigenvalue weighted by Crippen LogP contribution is -2.24. The molecule has 0 aliphatic rings. The first-order chi connectivity index (χ1) is 9.70. The number of hydrogen-bond acceptors (Lipinski definition) is 5. The van der Waals surface area contributed by atoms with Crippen LogP contribution < -0.4 is 0 Å². The van der Waals surface area contributed by atoms with E-state index in [0.29, 0.717) is 12.5 Å². The summed E-state index contributed by atoms with van der Waals surface area (Å²) in [5.41, 5.74) is 0.827. The third-order valence-corrected chi connectivity index (χ3v) is 4.27. The third-order valence-electron chi connectivity index (χ3n) is 2.95. The van der Waals surface area contributed by atoms with Crippen molar-refractivity contribution in [3.8, 4) is 0 Å². The Hall–Kier alpha value is -0.940. The SMILES string of the molecule is CC(C)CCOC(C)C(=O)OCc1csc(C(C)(C)C)n1. The predicted octanol–water partition coefficient (Wildman–Crippen LogP) is 3.94. The van der Waals surface area contributed by atoms with Crippen LogP contribution in [0, 0.1) is 5.92 Å². The zero-order valence-corrected chi connectivity index (χ0v) is 14.8. The summed E-state index contributed by atoms with van der Waals surface area (Å²) in [5, 5.41) is 2.99. The van der Waals surface area contributed by atoms with Crippen molar-refractivity contribution in [2.75, 3.05) is 6.61 Å². The van der Waals surface area contributed by atoms with E-state index in [1.54, 1.807) is 18.3 Å². The van der Waals surface area contributed by atoms with E-state index in [0.717, 1.165) is 17.1 Å². The Kier molecular flexibility index (Phi) is 6.81. The van der Waals surface area contributed by atoms with Gasteiger partial charge in [0.25, 0.3) is 0 Å². The Labute approximate surface area is 131 Å². The zero-order chi connectivity index (χ0) is 16.0. The van der Waals surface area contributed by atoms with Gasteiger partial charge in [-0.25, -0.2) is 9.78 Å². The minimum Gasteiger partial charge on any atom is -0.457 e. The summed E-state index contributed by atoms with van der Waals surface area (Å²) in [6, 6.07) is 0. The van der Waals surface area contributed by atoms with Crippen LogP contribution in [0.5, 0.6) is 0 Å². The highest BCUT2D eigenvalue weighted by Gasteiger charge is 2.19. The van der Waals surface area contributed by atoms with Crippen LogP contribution in [-0.2, 0) is 26.3 Å². The molecule has 1 atom stereocenters. The number of nitrogens with zero attached hydrogens (tertiary/aromatic N) is 1. The summed E-state index contributed by atoms with van der Waals surface area (Å²) in [5.74, 6) is 0.239. The summed E-state index contributed by atoms with van der Waals surface area (Å²) in [7, 11) is 0. The maximum Gasteiger partial charge on any atom is 0.335 e. The molecule has 1 rings (SSSR count). The number of rotatable bonds is 7. The molecule has 0 spiro atoms. The molecule has 1 aromatic rings. The van der Waals surface area contributed by atoms with Crippen molar-refractivity contribution in [1.82, 2.24) is 4.98 Å². The van der Waals surface area contributed by atoms with Crippen molar-refractivity contribution in [2.24, 2.45) is 5.92 Å². The van der Waals surface area contributed by atoms with Gasteiger partial charge in [-0.05, 0) is 19.3 Å². The van der Waals surface area contributed by atoms with Crippen molar-refractivity contribution in [3.63, 3.8) is 0 Å². The van der Waals surface area contributed by atoms with Crippen molar-refractivity contribution in [1.29, 1.82) is 0 Å². The van der Waals surface area contributed by atoms with Crippen molar-refractivity contribution >= 4 is 17.3 Å². The van der Waals surface area contributed by atoms with Gasteiger partial charge in [0.2, 0.25) is 0 Å². The molecule has 4 nitrogen and oxygen atoms in total. The van der Waals surface area contributed by atoms with E-state index in [2.05, 4.69) is 39.6 Å². The molecule has 120 valence electrons. The normalized spacial score (nSPS) is 13.5. The highest BCUT2D eigenvalue weighted by atomic mass is 32.1. The molecule has 0 aromatic carbocycles. The van der Waals surface area contributed by atoms with Gasteiger partial charge in [-0.2, -0.15) is 0 Å². The fourth-order valence-corrected chi connectivity index (χ4v) is 2.42. The van der Waals surface area contributed by atoms with E-state index in [1.165, 1.54) is 0 Å². The maximum atomic E-state index is 11.8. The van der Waals surface area contributed by atoms with Crippen LogP contribution >= 0.6 is 11.3 Å². The van der Waals surface area contributed by atoms with Crippen molar-refractivity contribution < 1.29 is 14.3 Å². The van der Waals surface area contributed by atoms with E-state index in [4.69, 9.17) is 9.47 Å². The smallest absolute Gasteiger partial charge is 0.335 e. The third kappa shape index (κ3) is 6.57. The molecule has 1 aromatic heterocycles. The number of carbonyl (C=O) groups excluding carboxylic acids is 1. The molecule has 0 aliphatic carbocycles. The van der Waals surface area contributed by atoms with Gasteiger partial charge in [0, 0.05) is 17.4 Å². The largest absolute Gasteiger partial charge is 0.457 e. The minimum atomic E-state index is -0.524. The van der Waals surface area contributed by atoms with Gasteiger partial charge in [-0.3, -0.25) is 0 Å². The van der Waals surface area contributed by atoms with E-state index < -0.39 is 6.10 Å². The van der Waals surface area contributed by atoms with Crippen molar-refractivity contribution in [3.05, 3.63) is 16.1 Å². The highest BCUT2D eigenvalue weighted by Crippen LogP contribution is 2.25. The van der Waals surface area contributed by atoms with Crippen LogP contribution in [0.4, 0.5) is 0 Å². The lowest BCUT2D eigenvalue weighted by molar-refractivity contribution is -0.157. The topological polar surface area (TPSA) is 48.4 Å². The van der Waals surface area contributed by atoms with Crippen molar-refractivity contribution in [2.45, 2.75) is 66.1 Å². The molecule has 21 heavy (non-hydrogen) atoms. The predicted molar refractivity (Wildman–Crippen MR) is 85.5 cm³/mol. The van der Waals surface area contributed by atoms with Crippen LogP contribution in [0.1, 0.15) is 58.7 Å². The van der Waals surface area contributed by atoms with Crippen LogP contribution in [0.15, 0.2) is 5.38 Å². The lowest BCUT2D eigenvalue weighted by Gasteiger charge is -2.14. The molecule has 0 fully saturated rings. The molecule has 0 amide bonds. The van der Waals surface area contributed by atoms with Gasteiger partial charge < -0.3 is 9.47 Å².